The summed E-state index contributed by atoms with van der Waals surface area (Å²) in [7, 11) is 0. The molecule has 0 bridgehead atoms. The van der Waals surface area contributed by atoms with Gasteiger partial charge in [0.1, 0.15) is 0 Å². The van der Waals surface area contributed by atoms with Crippen LogP contribution in [0.3, 0.4) is 0 Å². The van der Waals surface area contributed by atoms with Crippen molar-refractivity contribution in [2.75, 3.05) is 10.6 Å². The third-order valence-corrected chi connectivity index (χ3v) is 7.79. The number of hydrogen-bond donors (Lipinski definition) is 2. The lowest BCUT2D eigenvalue weighted by Gasteiger charge is -2.18. The fourth-order valence-corrected chi connectivity index (χ4v) is 6.05. The molecule has 0 atom stereocenters. The first-order valence-electron chi connectivity index (χ1n) is 12.4. The molecule has 0 aliphatic carbocycles. The van der Waals surface area contributed by atoms with Crippen molar-refractivity contribution in [3.63, 3.8) is 0 Å². The molecule has 0 unspecified atom stereocenters. The molecule has 3 nitrogen and oxygen atoms in total. The van der Waals surface area contributed by atoms with Gasteiger partial charge in [-0.05, 0) is 62.8 Å². The Morgan fingerprint density at radius 3 is 1.86 bits per heavy atom. The molecule has 0 aliphatic heterocycles. The van der Waals surface area contributed by atoms with Crippen LogP contribution >= 0.6 is 11.8 Å². The van der Waals surface area contributed by atoms with Crippen LogP contribution in [0.5, 0.6) is 0 Å². The molecule has 0 spiro atoms. The van der Waals surface area contributed by atoms with E-state index >= 15 is 0 Å². The highest BCUT2D eigenvalue weighted by Gasteiger charge is 2.15. The molecule has 6 aromatic rings. The van der Waals surface area contributed by atoms with E-state index in [1.54, 1.807) is 11.8 Å². The Kier molecular flexibility index (Phi) is 6.25. The Labute approximate surface area is 220 Å². The number of fused-ring (bicyclic) bond motifs is 3. The van der Waals surface area contributed by atoms with Gasteiger partial charge in [0.2, 0.25) is 5.91 Å². The van der Waals surface area contributed by atoms with Gasteiger partial charge in [0.15, 0.2) is 0 Å². The van der Waals surface area contributed by atoms with Crippen LogP contribution in [0.15, 0.2) is 125 Å². The highest BCUT2D eigenvalue weighted by molar-refractivity contribution is 7.99. The zero-order chi connectivity index (χ0) is 25.2. The van der Waals surface area contributed by atoms with Crippen LogP contribution in [-0.2, 0) is 11.3 Å². The molecule has 37 heavy (non-hydrogen) atoms. The second-order valence-electron chi connectivity index (χ2n) is 9.09. The summed E-state index contributed by atoms with van der Waals surface area (Å²) in [6, 6.07) is 40.3. The van der Waals surface area contributed by atoms with Gasteiger partial charge in [0.05, 0.1) is 0 Å². The molecule has 4 heteroatoms. The second kappa shape index (κ2) is 10.00. The topological polar surface area (TPSA) is 41.1 Å². The van der Waals surface area contributed by atoms with Crippen LogP contribution < -0.4 is 10.6 Å². The largest absolute Gasteiger partial charge is 0.380 e. The van der Waals surface area contributed by atoms with Crippen molar-refractivity contribution in [2.45, 2.75) is 23.3 Å². The van der Waals surface area contributed by atoms with Crippen LogP contribution in [0.25, 0.3) is 32.3 Å². The van der Waals surface area contributed by atoms with E-state index in [1.165, 1.54) is 49.7 Å². The van der Waals surface area contributed by atoms with E-state index in [2.05, 4.69) is 114 Å². The van der Waals surface area contributed by atoms with Gasteiger partial charge in [-0.25, -0.2) is 0 Å². The molecule has 0 radical (unpaired) electrons. The molecule has 6 rings (SSSR count). The van der Waals surface area contributed by atoms with Crippen molar-refractivity contribution in [2.24, 2.45) is 0 Å². The number of anilines is 2. The maximum atomic E-state index is 11.4. The van der Waals surface area contributed by atoms with Gasteiger partial charge in [-0.3, -0.25) is 4.79 Å². The van der Waals surface area contributed by atoms with Gasteiger partial charge < -0.3 is 10.6 Å². The molecule has 0 saturated heterocycles. The maximum Gasteiger partial charge on any atom is 0.221 e. The summed E-state index contributed by atoms with van der Waals surface area (Å²) in [5.41, 5.74) is 3.25. The average Bonchev–Trinajstić information content (AvgIpc) is 2.93. The highest BCUT2D eigenvalue weighted by atomic mass is 32.2. The van der Waals surface area contributed by atoms with E-state index in [-0.39, 0.29) is 5.91 Å². The summed E-state index contributed by atoms with van der Waals surface area (Å²) in [5, 5.41) is 14.0. The van der Waals surface area contributed by atoms with Crippen molar-refractivity contribution in [3.05, 3.63) is 121 Å². The van der Waals surface area contributed by atoms with Crippen molar-refractivity contribution >= 4 is 61.4 Å². The van der Waals surface area contributed by atoms with Crippen LogP contribution in [-0.4, -0.2) is 5.91 Å². The number of benzene rings is 6. The SMILES string of the molecule is CC(=O)Nc1ccc(Sc2c3ccccc3c(CNc3cccc4ccccc34)c3ccccc23)cc1. The standard InChI is InChI=1S/C33H26N2OS/c1-22(36)35-24-17-19-25(20-18-24)37-33-29-14-6-4-12-27(29)31(28-13-5-7-15-30(28)33)21-34-32-16-8-10-23-9-2-3-11-26(23)32/h2-20,34H,21H2,1H3,(H,35,36). The summed E-state index contributed by atoms with van der Waals surface area (Å²) in [4.78, 5) is 13.8. The fourth-order valence-electron chi connectivity index (χ4n) is 4.97. The third kappa shape index (κ3) is 4.64. The number of hydrogen-bond acceptors (Lipinski definition) is 3. The van der Waals surface area contributed by atoms with E-state index < -0.39 is 0 Å². The lowest BCUT2D eigenvalue weighted by molar-refractivity contribution is -0.114. The van der Waals surface area contributed by atoms with E-state index in [9.17, 15) is 4.79 Å². The van der Waals surface area contributed by atoms with E-state index in [1.807, 2.05) is 12.1 Å². The third-order valence-electron chi connectivity index (χ3n) is 6.63. The Balaban J connectivity index is 1.43. The second-order valence-corrected chi connectivity index (χ2v) is 10.2. The minimum atomic E-state index is -0.0647. The monoisotopic (exact) mass is 498 g/mol. The van der Waals surface area contributed by atoms with Crippen molar-refractivity contribution in [1.29, 1.82) is 0 Å². The molecule has 0 aliphatic rings. The maximum absolute atomic E-state index is 11.4. The molecule has 0 heterocycles. The lowest BCUT2D eigenvalue weighted by atomic mass is 9.96. The summed E-state index contributed by atoms with van der Waals surface area (Å²) in [6.45, 7) is 2.25. The van der Waals surface area contributed by atoms with Crippen LogP contribution in [0.2, 0.25) is 0 Å². The summed E-state index contributed by atoms with van der Waals surface area (Å²) in [6.07, 6.45) is 0. The molecule has 2 N–H and O–H groups in total. The van der Waals surface area contributed by atoms with E-state index in [4.69, 9.17) is 0 Å². The predicted molar refractivity (Wildman–Crippen MR) is 158 cm³/mol. The van der Waals surface area contributed by atoms with Crippen LogP contribution in [0, 0.1) is 0 Å². The smallest absolute Gasteiger partial charge is 0.221 e. The van der Waals surface area contributed by atoms with Gasteiger partial charge in [-0.1, -0.05) is 96.7 Å². The quantitative estimate of drug-likeness (QED) is 0.225. The minimum Gasteiger partial charge on any atom is -0.380 e. The average molecular weight is 499 g/mol. The molecule has 1 amide bonds. The lowest BCUT2D eigenvalue weighted by Crippen LogP contribution is -2.05. The van der Waals surface area contributed by atoms with Gasteiger partial charge in [-0.2, -0.15) is 0 Å². The first-order valence-corrected chi connectivity index (χ1v) is 13.2. The number of rotatable bonds is 6. The molecular weight excluding hydrogens is 472 g/mol. The first-order chi connectivity index (χ1) is 18.2. The molecule has 0 saturated carbocycles. The molecule has 180 valence electrons. The molecule has 6 aromatic carbocycles. The van der Waals surface area contributed by atoms with E-state index in [0.717, 1.165) is 22.8 Å². The first kappa shape index (κ1) is 23.1. The minimum absolute atomic E-state index is 0.0647. The molecule has 0 fully saturated rings. The number of carbonyl (C=O) groups is 1. The molecular formula is C33H26N2OS. The number of amides is 1. The summed E-state index contributed by atoms with van der Waals surface area (Å²) in [5.74, 6) is -0.0647. The van der Waals surface area contributed by atoms with Gasteiger partial charge in [0, 0.05) is 40.0 Å². The van der Waals surface area contributed by atoms with Crippen molar-refractivity contribution in [1.82, 2.24) is 0 Å². The van der Waals surface area contributed by atoms with Crippen LogP contribution in [0.1, 0.15) is 12.5 Å². The van der Waals surface area contributed by atoms with Gasteiger partial charge in [0.25, 0.3) is 0 Å². The Hall–Kier alpha value is -4.28. The van der Waals surface area contributed by atoms with Gasteiger partial charge >= 0.3 is 0 Å². The number of nitrogens with one attached hydrogen (secondary N) is 2. The summed E-state index contributed by atoms with van der Waals surface area (Å²) < 4.78 is 0. The van der Waals surface area contributed by atoms with Crippen LogP contribution in [0.4, 0.5) is 11.4 Å². The zero-order valence-electron chi connectivity index (χ0n) is 20.5. The Morgan fingerprint density at radius 1 is 0.649 bits per heavy atom. The fraction of sp³-hybridized carbons (Fsp3) is 0.0606. The van der Waals surface area contributed by atoms with E-state index in [0.29, 0.717) is 0 Å². The predicted octanol–water partition coefficient (Wildman–Crippen LogP) is 8.87. The van der Waals surface area contributed by atoms with Crippen molar-refractivity contribution in [3.8, 4) is 0 Å². The highest BCUT2D eigenvalue weighted by Crippen LogP contribution is 2.42. The number of carbonyl (C=O) groups excluding carboxylic acids is 1. The normalized spacial score (nSPS) is 11.2. The van der Waals surface area contributed by atoms with Crippen molar-refractivity contribution < 1.29 is 4.79 Å². The zero-order valence-corrected chi connectivity index (χ0v) is 21.3. The Morgan fingerprint density at radius 2 is 1.22 bits per heavy atom. The van der Waals surface area contributed by atoms with Gasteiger partial charge in [-0.15, -0.1) is 0 Å². The molecule has 0 aromatic heterocycles. The summed E-state index contributed by atoms with van der Waals surface area (Å²) >= 11 is 1.77. The Bertz CT molecular complexity index is 1700.